The lowest BCUT2D eigenvalue weighted by Gasteiger charge is -2.14. The molecule has 0 aliphatic carbocycles. The second-order valence-electron chi connectivity index (χ2n) is 6.82. The molecule has 1 amide bonds. The number of halogens is 2. The maximum Gasteiger partial charge on any atom is 0.270 e. The number of anilines is 1. The van der Waals surface area contributed by atoms with Crippen molar-refractivity contribution in [3.63, 3.8) is 0 Å². The topological polar surface area (TPSA) is 38.8 Å². The van der Waals surface area contributed by atoms with E-state index in [-0.39, 0.29) is 5.91 Å². The van der Waals surface area contributed by atoms with E-state index in [1.807, 2.05) is 24.3 Å². The number of hydrogen-bond acceptors (Lipinski definition) is 5. The number of ether oxygens (including phenoxy) is 2. The summed E-state index contributed by atoms with van der Waals surface area (Å²) in [7, 11) is 1.59. The Morgan fingerprint density at radius 1 is 1.03 bits per heavy atom. The predicted octanol–water partition coefficient (Wildman–Crippen LogP) is 6.99. The highest BCUT2D eigenvalue weighted by Gasteiger charge is 2.33. The number of thiocarbonyl (C=S) groups is 1. The molecule has 3 aromatic carbocycles. The minimum atomic E-state index is -0.203. The van der Waals surface area contributed by atoms with E-state index in [1.165, 1.54) is 16.7 Å². The van der Waals surface area contributed by atoms with Gasteiger partial charge >= 0.3 is 0 Å². The van der Waals surface area contributed by atoms with Crippen molar-refractivity contribution in [2.75, 3.05) is 12.0 Å². The molecule has 0 aromatic heterocycles. The Labute approximate surface area is 205 Å². The minimum Gasteiger partial charge on any atom is -0.497 e. The molecule has 1 fully saturated rings. The van der Waals surface area contributed by atoms with Crippen molar-refractivity contribution in [3.05, 3.63) is 92.8 Å². The molecule has 4 rings (SSSR count). The fourth-order valence-electron chi connectivity index (χ4n) is 3.11. The highest BCUT2D eigenvalue weighted by molar-refractivity contribution is 8.27. The Hall–Kier alpha value is -2.51. The van der Waals surface area contributed by atoms with E-state index >= 15 is 0 Å². The summed E-state index contributed by atoms with van der Waals surface area (Å²) in [5.74, 6) is 1.10. The molecule has 1 saturated heterocycles. The molecular formula is C24H17Cl2NO3S2. The Bertz CT molecular complexity index is 1210. The first kappa shape index (κ1) is 22.7. The van der Waals surface area contributed by atoms with Gasteiger partial charge in [0.15, 0.2) is 4.32 Å². The highest BCUT2D eigenvalue weighted by atomic mass is 35.5. The number of carbonyl (C=O) groups is 1. The van der Waals surface area contributed by atoms with E-state index in [0.29, 0.717) is 48.6 Å². The lowest BCUT2D eigenvalue weighted by molar-refractivity contribution is -0.113. The van der Waals surface area contributed by atoms with Crippen LogP contribution < -0.4 is 14.4 Å². The molecule has 0 N–H and O–H groups in total. The fourth-order valence-corrected chi connectivity index (χ4v) is 4.80. The normalized spacial score (nSPS) is 14.8. The monoisotopic (exact) mass is 501 g/mol. The van der Waals surface area contributed by atoms with Crippen molar-refractivity contribution in [2.24, 2.45) is 0 Å². The van der Waals surface area contributed by atoms with Gasteiger partial charge in [-0.3, -0.25) is 9.69 Å². The number of methoxy groups -OCH3 is 1. The van der Waals surface area contributed by atoms with E-state index in [4.69, 9.17) is 44.9 Å². The molecular weight excluding hydrogens is 485 g/mol. The number of rotatable bonds is 6. The maximum atomic E-state index is 13.1. The number of hydrogen-bond donors (Lipinski definition) is 0. The fraction of sp³-hybridized carbons (Fsp3) is 0.0833. The molecule has 0 unspecified atom stereocenters. The van der Waals surface area contributed by atoms with Gasteiger partial charge in [-0.2, -0.15) is 0 Å². The van der Waals surface area contributed by atoms with E-state index in [0.717, 1.165) is 5.56 Å². The van der Waals surface area contributed by atoms with E-state index in [2.05, 4.69) is 0 Å². The SMILES string of the molecule is COc1ccc(N2C(=O)/C(=C/c3cc(Cl)ccc3OCc3cccc(Cl)c3)SC2=S)cc1. The predicted molar refractivity (Wildman–Crippen MR) is 136 cm³/mol. The summed E-state index contributed by atoms with van der Waals surface area (Å²) in [4.78, 5) is 15.1. The Kier molecular flexibility index (Phi) is 7.06. The summed E-state index contributed by atoms with van der Waals surface area (Å²) in [5, 5.41) is 1.18. The Balaban J connectivity index is 1.59. The third-order valence-electron chi connectivity index (χ3n) is 4.67. The lowest BCUT2D eigenvalue weighted by Crippen LogP contribution is -2.27. The van der Waals surface area contributed by atoms with Gasteiger partial charge in [0.1, 0.15) is 18.1 Å². The first-order chi connectivity index (χ1) is 15.4. The molecule has 1 aliphatic rings. The maximum absolute atomic E-state index is 13.1. The quantitative estimate of drug-likeness (QED) is 0.269. The zero-order valence-corrected chi connectivity index (χ0v) is 20.0. The number of nitrogens with zero attached hydrogens (tertiary/aromatic N) is 1. The van der Waals surface area contributed by atoms with Gasteiger partial charge < -0.3 is 9.47 Å². The summed E-state index contributed by atoms with van der Waals surface area (Å²) in [5.41, 5.74) is 2.30. The van der Waals surface area contributed by atoms with Crippen LogP contribution in [0.2, 0.25) is 10.0 Å². The van der Waals surface area contributed by atoms with Gasteiger partial charge in [-0.25, -0.2) is 0 Å². The molecule has 1 heterocycles. The molecule has 0 spiro atoms. The molecule has 1 aliphatic heterocycles. The summed E-state index contributed by atoms with van der Waals surface area (Å²) in [6.07, 6.45) is 1.75. The van der Waals surface area contributed by atoms with Crippen LogP contribution in [0.5, 0.6) is 11.5 Å². The Morgan fingerprint density at radius 2 is 1.78 bits per heavy atom. The molecule has 8 heteroatoms. The average Bonchev–Trinajstić information content (AvgIpc) is 3.06. The molecule has 0 radical (unpaired) electrons. The van der Waals surface area contributed by atoms with Crippen LogP contribution in [-0.2, 0) is 11.4 Å². The zero-order chi connectivity index (χ0) is 22.7. The summed E-state index contributed by atoms with van der Waals surface area (Å²) < 4.78 is 11.6. The third kappa shape index (κ3) is 5.10. The molecule has 32 heavy (non-hydrogen) atoms. The van der Waals surface area contributed by atoms with Gasteiger partial charge in [0, 0.05) is 15.6 Å². The van der Waals surface area contributed by atoms with Gasteiger partial charge in [0.25, 0.3) is 5.91 Å². The number of thioether (sulfide) groups is 1. The molecule has 162 valence electrons. The van der Waals surface area contributed by atoms with Crippen LogP contribution in [-0.4, -0.2) is 17.3 Å². The summed E-state index contributed by atoms with van der Waals surface area (Å²) in [6.45, 7) is 0.329. The largest absolute Gasteiger partial charge is 0.497 e. The lowest BCUT2D eigenvalue weighted by atomic mass is 10.1. The zero-order valence-electron chi connectivity index (χ0n) is 16.9. The molecule has 3 aromatic rings. The van der Waals surface area contributed by atoms with Crippen molar-refractivity contribution < 1.29 is 14.3 Å². The number of amides is 1. The molecule has 0 atom stereocenters. The second-order valence-corrected chi connectivity index (χ2v) is 9.36. The van der Waals surface area contributed by atoms with E-state index in [9.17, 15) is 4.79 Å². The van der Waals surface area contributed by atoms with Gasteiger partial charge in [0.05, 0.1) is 17.7 Å². The number of carbonyl (C=O) groups excluding carboxylic acids is 1. The second kappa shape index (κ2) is 9.96. The van der Waals surface area contributed by atoms with Crippen molar-refractivity contribution in [1.29, 1.82) is 0 Å². The van der Waals surface area contributed by atoms with E-state index < -0.39 is 0 Å². The van der Waals surface area contributed by atoms with Crippen molar-refractivity contribution in [1.82, 2.24) is 0 Å². The molecule has 4 nitrogen and oxygen atoms in total. The Morgan fingerprint density at radius 3 is 2.50 bits per heavy atom. The van der Waals surface area contributed by atoms with Crippen LogP contribution in [0.1, 0.15) is 11.1 Å². The van der Waals surface area contributed by atoms with Crippen LogP contribution in [0, 0.1) is 0 Å². The van der Waals surface area contributed by atoms with Gasteiger partial charge in [-0.15, -0.1) is 0 Å². The average molecular weight is 502 g/mol. The first-order valence-electron chi connectivity index (χ1n) is 9.53. The van der Waals surface area contributed by atoms with Crippen molar-refractivity contribution >= 4 is 69.2 Å². The van der Waals surface area contributed by atoms with Crippen molar-refractivity contribution in [3.8, 4) is 11.5 Å². The number of benzene rings is 3. The van der Waals surface area contributed by atoms with Crippen LogP contribution in [0.15, 0.2) is 71.6 Å². The van der Waals surface area contributed by atoms with E-state index in [1.54, 1.807) is 55.7 Å². The van der Waals surface area contributed by atoms with Gasteiger partial charge in [0.2, 0.25) is 0 Å². The molecule has 0 saturated carbocycles. The van der Waals surface area contributed by atoms with Crippen LogP contribution in [0.4, 0.5) is 5.69 Å². The van der Waals surface area contributed by atoms with Gasteiger partial charge in [-0.05, 0) is 66.2 Å². The van der Waals surface area contributed by atoms with Gasteiger partial charge in [-0.1, -0.05) is 59.3 Å². The summed E-state index contributed by atoms with van der Waals surface area (Å²) >= 11 is 19.0. The highest BCUT2D eigenvalue weighted by Crippen LogP contribution is 2.38. The minimum absolute atomic E-state index is 0.203. The molecule has 0 bridgehead atoms. The van der Waals surface area contributed by atoms with Crippen LogP contribution in [0.25, 0.3) is 6.08 Å². The van der Waals surface area contributed by atoms with Crippen molar-refractivity contribution in [2.45, 2.75) is 6.61 Å². The smallest absolute Gasteiger partial charge is 0.270 e. The first-order valence-corrected chi connectivity index (χ1v) is 11.5. The van der Waals surface area contributed by atoms with Crippen LogP contribution >= 0.6 is 47.2 Å². The third-order valence-corrected chi connectivity index (χ3v) is 6.44. The summed E-state index contributed by atoms with van der Waals surface area (Å²) in [6, 6.07) is 19.9. The van der Waals surface area contributed by atoms with Crippen LogP contribution in [0.3, 0.4) is 0 Å². The standard InChI is InChI=1S/C24H17Cl2NO3S2/c1-29-20-8-6-19(7-9-20)27-23(28)22(32-24(27)31)13-16-12-18(26)5-10-21(16)30-14-15-3-2-4-17(25)11-15/h2-13H,14H2,1H3/b22-13-.